The normalized spacial score (nSPS) is 17.3. The lowest BCUT2D eigenvalue weighted by Crippen LogP contribution is -2.31. The fraction of sp³-hybridized carbons (Fsp3) is 0.333. The Morgan fingerprint density at radius 2 is 2.09 bits per heavy atom. The molecule has 0 saturated carbocycles. The van der Waals surface area contributed by atoms with Gasteiger partial charge in [-0.2, -0.15) is 0 Å². The van der Waals surface area contributed by atoms with E-state index in [2.05, 4.69) is 4.98 Å². The second kappa shape index (κ2) is 6.96. The Kier molecular flexibility index (Phi) is 4.76. The second-order valence-corrected chi connectivity index (χ2v) is 6.23. The average molecular weight is 328 g/mol. The highest BCUT2D eigenvalue weighted by Gasteiger charge is 2.32. The number of pyridine rings is 1. The van der Waals surface area contributed by atoms with Crippen molar-refractivity contribution in [3.05, 3.63) is 63.9 Å². The monoisotopic (exact) mass is 328 g/mol. The van der Waals surface area contributed by atoms with E-state index in [-0.39, 0.29) is 12.1 Å². The minimum atomic E-state index is -0.252. The zero-order valence-electron chi connectivity index (χ0n) is 13.1. The van der Waals surface area contributed by atoms with Crippen LogP contribution in [0.2, 0.25) is 0 Å². The summed E-state index contributed by atoms with van der Waals surface area (Å²) in [4.78, 5) is 17.4. The third-order valence-corrected chi connectivity index (χ3v) is 4.45. The minimum absolute atomic E-state index is 0.0603. The van der Waals surface area contributed by atoms with Crippen molar-refractivity contribution in [3.8, 4) is 0 Å². The number of likely N-dealkylation sites (tertiary alicyclic amines) is 1. The van der Waals surface area contributed by atoms with E-state index in [0.717, 1.165) is 36.2 Å². The van der Waals surface area contributed by atoms with E-state index in [9.17, 15) is 4.79 Å². The van der Waals surface area contributed by atoms with E-state index >= 15 is 0 Å². The van der Waals surface area contributed by atoms with E-state index in [1.165, 1.54) is 0 Å². The van der Waals surface area contributed by atoms with E-state index in [1.54, 1.807) is 0 Å². The molecule has 1 unspecified atom stereocenters. The Labute approximate surface area is 141 Å². The summed E-state index contributed by atoms with van der Waals surface area (Å²) in [6.45, 7) is 3.03. The summed E-state index contributed by atoms with van der Waals surface area (Å²) in [6.07, 6.45) is 1.68. The number of benzene rings is 1. The molecule has 3 rings (SSSR count). The first-order valence-electron chi connectivity index (χ1n) is 7.82. The molecule has 2 heterocycles. The van der Waals surface area contributed by atoms with Crippen LogP contribution in [0, 0.1) is 11.6 Å². The zero-order valence-corrected chi connectivity index (χ0v) is 13.9. The molecule has 1 N–H and O–H groups in total. The molecule has 0 bridgehead atoms. The van der Waals surface area contributed by atoms with Gasteiger partial charge in [-0.25, -0.2) is 4.79 Å². The van der Waals surface area contributed by atoms with Crippen LogP contribution in [0.1, 0.15) is 35.7 Å². The number of aromatic nitrogens is 1. The lowest BCUT2D eigenvalue weighted by atomic mass is 10.0. The van der Waals surface area contributed by atoms with Gasteiger partial charge < -0.3 is 14.6 Å². The topological polar surface area (TPSA) is 45.3 Å². The summed E-state index contributed by atoms with van der Waals surface area (Å²) < 4.78 is 6.19. The molecule has 23 heavy (non-hydrogen) atoms. The maximum absolute atomic E-state index is 12.5. The molecule has 120 valence electrons. The van der Waals surface area contributed by atoms with Gasteiger partial charge in [0.25, 0.3) is 0 Å². The van der Waals surface area contributed by atoms with E-state index in [4.69, 9.17) is 17.0 Å². The molecule has 1 aliphatic heterocycles. The summed E-state index contributed by atoms with van der Waals surface area (Å²) in [5.41, 5.74) is 3.13. The predicted octanol–water partition coefficient (Wildman–Crippen LogP) is 4.53. The number of carbonyl (C=O) groups is 1. The lowest BCUT2D eigenvalue weighted by molar-refractivity contribution is 0.0919. The molecule has 5 heteroatoms. The van der Waals surface area contributed by atoms with Crippen LogP contribution in [0.15, 0.2) is 42.5 Å². The first-order chi connectivity index (χ1) is 11.1. The molecule has 1 aromatic heterocycles. The number of H-pyrrole nitrogens is 1. The second-order valence-electron chi connectivity index (χ2n) is 5.79. The molecule has 2 aromatic rings. The molecule has 4 nitrogen and oxygen atoms in total. The van der Waals surface area contributed by atoms with Gasteiger partial charge in [-0.1, -0.05) is 48.6 Å². The summed E-state index contributed by atoms with van der Waals surface area (Å²) in [6, 6.07) is 13.7. The Hall–Kier alpha value is -2.14. The quantitative estimate of drug-likeness (QED) is 0.842. The molecule has 0 aliphatic carbocycles. The van der Waals surface area contributed by atoms with Gasteiger partial charge in [0.15, 0.2) is 0 Å². The van der Waals surface area contributed by atoms with Crippen molar-refractivity contribution in [1.82, 2.24) is 9.88 Å². The minimum Gasteiger partial charge on any atom is -0.445 e. The molecule has 1 atom stereocenters. The molecule has 1 aliphatic rings. The number of ether oxygens (including phenoxy) is 1. The molecular formula is C18H20N2O2S. The number of carbonyl (C=O) groups excluding carboxylic acids is 1. The highest BCUT2D eigenvalue weighted by molar-refractivity contribution is 7.71. The van der Waals surface area contributed by atoms with Crippen molar-refractivity contribution in [3.63, 3.8) is 0 Å². The van der Waals surface area contributed by atoms with E-state index in [0.29, 0.717) is 11.2 Å². The van der Waals surface area contributed by atoms with Gasteiger partial charge in [-0.05, 0) is 37.0 Å². The molecule has 1 amide bonds. The molecular weight excluding hydrogens is 308 g/mol. The molecule has 1 saturated heterocycles. The third-order valence-electron chi connectivity index (χ3n) is 4.21. The van der Waals surface area contributed by atoms with Crippen molar-refractivity contribution >= 4 is 18.3 Å². The number of rotatable bonds is 3. The fourth-order valence-corrected chi connectivity index (χ4v) is 3.28. The Morgan fingerprint density at radius 1 is 1.30 bits per heavy atom. The number of nitrogens with zero attached hydrogens (tertiary/aromatic N) is 1. The van der Waals surface area contributed by atoms with Crippen LogP contribution in [-0.4, -0.2) is 22.5 Å². The maximum Gasteiger partial charge on any atom is 0.410 e. The van der Waals surface area contributed by atoms with E-state index < -0.39 is 0 Å². The Balaban J connectivity index is 1.71. The van der Waals surface area contributed by atoms with Crippen molar-refractivity contribution in [2.24, 2.45) is 0 Å². The molecule has 0 radical (unpaired) electrons. The number of hydrogen-bond acceptors (Lipinski definition) is 3. The number of amides is 1. The maximum atomic E-state index is 12.5. The van der Waals surface area contributed by atoms with Crippen LogP contribution in [-0.2, 0) is 11.3 Å². The molecule has 1 fully saturated rings. The van der Waals surface area contributed by atoms with Crippen LogP contribution < -0.4 is 0 Å². The summed E-state index contributed by atoms with van der Waals surface area (Å²) >= 11 is 5.15. The largest absolute Gasteiger partial charge is 0.445 e. The number of aromatic amines is 1. The van der Waals surface area contributed by atoms with Gasteiger partial charge in [-0.15, -0.1) is 0 Å². The summed E-state index contributed by atoms with van der Waals surface area (Å²) in [5, 5.41) is 0. The highest BCUT2D eigenvalue weighted by atomic mass is 32.1. The molecule has 0 spiro atoms. The van der Waals surface area contributed by atoms with Crippen LogP contribution >= 0.6 is 12.2 Å². The first kappa shape index (κ1) is 15.7. The standard InChI is InChI=1S/C18H20N2O2S/c1-13-15(9-10-17(23)19-13)16-8-5-11-20(16)18(21)22-12-14-6-3-2-4-7-14/h2-4,6-7,9-10,16H,5,8,11-12H2,1H3,(H,19,23). The lowest BCUT2D eigenvalue weighted by Gasteiger charge is -2.25. The van der Waals surface area contributed by atoms with Gasteiger partial charge in [0, 0.05) is 12.2 Å². The van der Waals surface area contributed by atoms with Gasteiger partial charge in [0.05, 0.1) is 6.04 Å². The van der Waals surface area contributed by atoms with Crippen molar-refractivity contribution in [1.29, 1.82) is 0 Å². The summed E-state index contributed by atoms with van der Waals surface area (Å²) in [5.74, 6) is 0. The van der Waals surface area contributed by atoms with Crippen molar-refractivity contribution in [2.75, 3.05) is 6.54 Å². The smallest absolute Gasteiger partial charge is 0.410 e. The Bertz CT molecular complexity index is 742. The number of nitrogens with one attached hydrogen (secondary N) is 1. The average Bonchev–Trinajstić information content (AvgIpc) is 3.03. The number of aryl methyl sites for hydroxylation is 1. The van der Waals surface area contributed by atoms with E-state index in [1.807, 2.05) is 54.3 Å². The molecule has 1 aromatic carbocycles. The first-order valence-corrected chi connectivity index (χ1v) is 8.23. The van der Waals surface area contributed by atoms with Gasteiger partial charge in [0.2, 0.25) is 0 Å². The summed E-state index contributed by atoms with van der Waals surface area (Å²) in [7, 11) is 0. The highest BCUT2D eigenvalue weighted by Crippen LogP contribution is 2.33. The van der Waals surface area contributed by atoms with Crippen molar-refractivity contribution < 1.29 is 9.53 Å². The third kappa shape index (κ3) is 3.62. The zero-order chi connectivity index (χ0) is 16.2. The van der Waals surface area contributed by atoms with Crippen LogP contribution in [0.25, 0.3) is 0 Å². The van der Waals surface area contributed by atoms with Crippen LogP contribution in [0.3, 0.4) is 0 Å². The van der Waals surface area contributed by atoms with Gasteiger partial charge in [0.1, 0.15) is 11.2 Å². The Morgan fingerprint density at radius 3 is 2.83 bits per heavy atom. The van der Waals surface area contributed by atoms with Gasteiger partial charge >= 0.3 is 6.09 Å². The fourth-order valence-electron chi connectivity index (χ4n) is 3.06. The predicted molar refractivity (Wildman–Crippen MR) is 91.7 cm³/mol. The van der Waals surface area contributed by atoms with Crippen LogP contribution in [0.4, 0.5) is 4.79 Å². The SMILES string of the molecule is Cc1[nH]c(=S)ccc1C1CCCN1C(=O)OCc1ccccc1. The van der Waals surface area contributed by atoms with Gasteiger partial charge in [-0.3, -0.25) is 0 Å². The number of hydrogen-bond donors (Lipinski definition) is 1. The van der Waals surface area contributed by atoms with Crippen LogP contribution in [0.5, 0.6) is 0 Å². The van der Waals surface area contributed by atoms with Crippen molar-refractivity contribution in [2.45, 2.75) is 32.4 Å².